The van der Waals surface area contributed by atoms with Gasteiger partial charge in [-0.2, -0.15) is 0 Å². The van der Waals surface area contributed by atoms with Crippen LogP contribution in [0.3, 0.4) is 0 Å². The maximum atomic E-state index is 5.98. The highest BCUT2D eigenvalue weighted by atomic mass is 16.7. The van der Waals surface area contributed by atoms with Crippen LogP contribution in [0, 0.1) is 0 Å². The van der Waals surface area contributed by atoms with Gasteiger partial charge in [0, 0.05) is 18.6 Å². The molecular formula is C24H26O8. The van der Waals surface area contributed by atoms with E-state index in [1.165, 1.54) is 0 Å². The van der Waals surface area contributed by atoms with Crippen LogP contribution in [-0.4, -0.2) is 70.9 Å². The summed E-state index contributed by atoms with van der Waals surface area (Å²) < 4.78 is 45.1. The van der Waals surface area contributed by atoms with Gasteiger partial charge >= 0.3 is 0 Å². The molecule has 32 heavy (non-hydrogen) atoms. The van der Waals surface area contributed by atoms with Gasteiger partial charge in [0.1, 0.15) is 61.1 Å². The van der Waals surface area contributed by atoms with Crippen LogP contribution in [0.15, 0.2) is 36.4 Å². The quantitative estimate of drug-likeness (QED) is 0.464. The molecule has 4 saturated heterocycles. The molecule has 4 unspecified atom stereocenters. The molecule has 4 atom stereocenters. The number of epoxide rings is 3. The molecule has 4 heterocycles. The van der Waals surface area contributed by atoms with Gasteiger partial charge in [0.05, 0.1) is 26.4 Å². The molecule has 2 aromatic rings. The van der Waals surface area contributed by atoms with Crippen molar-refractivity contribution in [2.24, 2.45) is 0 Å². The molecule has 0 saturated carbocycles. The van der Waals surface area contributed by atoms with Gasteiger partial charge in [-0.15, -0.1) is 0 Å². The van der Waals surface area contributed by atoms with E-state index in [-0.39, 0.29) is 24.6 Å². The van der Waals surface area contributed by atoms with Crippen LogP contribution >= 0.6 is 0 Å². The fraction of sp³-hybridized carbons (Fsp3) is 0.500. The van der Waals surface area contributed by atoms with E-state index in [4.69, 9.17) is 37.9 Å². The van der Waals surface area contributed by atoms with E-state index in [0.29, 0.717) is 25.6 Å². The van der Waals surface area contributed by atoms with Crippen LogP contribution in [0.5, 0.6) is 23.0 Å². The zero-order chi connectivity index (χ0) is 21.3. The van der Waals surface area contributed by atoms with Gasteiger partial charge in [-0.25, -0.2) is 0 Å². The van der Waals surface area contributed by atoms with Crippen LogP contribution < -0.4 is 18.9 Å². The summed E-state index contributed by atoms with van der Waals surface area (Å²) in [6.45, 7) is 4.52. The predicted molar refractivity (Wildman–Crippen MR) is 113 cm³/mol. The van der Waals surface area contributed by atoms with Crippen molar-refractivity contribution in [1.29, 1.82) is 0 Å². The van der Waals surface area contributed by atoms with Gasteiger partial charge < -0.3 is 37.9 Å². The molecule has 170 valence electrons. The van der Waals surface area contributed by atoms with E-state index in [9.17, 15) is 0 Å². The Bertz CT molecular complexity index is 913. The first-order chi connectivity index (χ1) is 15.8. The Kier molecular flexibility index (Phi) is 5.52. The zero-order valence-electron chi connectivity index (χ0n) is 17.7. The predicted octanol–water partition coefficient (Wildman–Crippen LogP) is 2.81. The second kappa shape index (κ2) is 8.78. The molecule has 0 N–H and O–H groups in total. The van der Waals surface area contributed by atoms with E-state index in [2.05, 4.69) is 0 Å². The fourth-order valence-corrected chi connectivity index (χ4v) is 3.31. The maximum Gasteiger partial charge on any atom is 0.202 e. The minimum Gasteiger partial charge on any atom is -0.491 e. The van der Waals surface area contributed by atoms with Crippen LogP contribution in [0.2, 0.25) is 0 Å². The summed E-state index contributed by atoms with van der Waals surface area (Å²) in [7, 11) is 0. The summed E-state index contributed by atoms with van der Waals surface area (Å²) in [5.41, 5.74) is 1.88. The lowest BCUT2D eigenvalue weighted by atomic mass is 10.0. The van der Waals surface area contributed by atoms with Gasteiger partial charge in [0.25, 0.3) is 0 Å². The van der Waals surface area contributed by atoms with Gasteiger partial charge in [-0.3, -0.25) is 0 Å². The van der Waals surface area contributed by atoms with Crippen molar-refractivity contribution >= 4 is 0 Å². The number of rotatable bonds is 12. The van der Waals surface area contributed by atoms with Crippen molar-refractivity contribution < 1.29 is 37.9 Å². The summed E-state index contributed by atoms with van der Waals surface area (Å²) in [6.07, 6.45) is 1.18. The van der Waals surface area contributed by atoms with Crippen molar-refractivity contribution in [2.45, 2.75) is 31.0 Å². The first-order valence-electron chi connectivity index (χ1n) is 11.1. The fourth-order valence-electron chi connectivity index (χ4n) is 3.31. The van der Waals surface area contributed by atoms with E-state index < -0.39 is 0 Å². The monoisotopic (exact) mass is 442 g/mol. The van der Waals surface area contributed by atoms with Gasteiger partial charge in [0.2, 0.25) is 6.29 Å². The third-order valence-electron chi connectivity index (χ3n) is 5.53. The Hall–Kier alpha value is -2.52. The first-order valence-corrected chi connectivity index (χ1v) is 11.1. The van der Waals surface area contributed by atoms with E-state index >= 15 is 0 Å². The molecule has 0 aromatic heterocycles. The van der Waals surface area contributed by atoms with Gasteiger partial charge in [0.15, 0.2) is 0 Å². The summed E-state index contributed by atoms with van der Waals surface area (Å²) in [5.74, 6) is 2.88. The SMILES string of the molecule is c1c(OCC2CO2)cc(-c2cc(OCC3CO3)cc(OC3CCO3)c2)cc1OCC1CO1. The molecular weight excluding hydrogens is 416 g/mol. The molecule has 2 aromatic carbocycles. The first kappa shape index (κ1) is 20.1. The van der Waals surface area contributed by atoms with Crippen LogP contribution in [0.1, 0.15) is 6.42 Å². The molecule has 4 fully saturated rings. The van der Waals surface area contributed by atoms with Gasteiger partial charge in [-0.05, 0) is 35.4 Å². The van der Waals surface area contributed by atoms with E-state index in [1.807, 2.05) is 36.4 Å². The van der Waals surface area contributed by atoms with Crippen LogP contribution in [0.25, 0.3) is 11.1 Å². The maximum absolute atomic E-state index is 5.98. The average molecular weight is 442 g/mol. The second-order valence-corrected chi connectivity index (χ2v) is 8.39. The van der Waals surface area contributed by atoms with Crippen molar-refractivity contribution in [3.63, 3.8) is 0 Å². The molecule has 0 spiro atoms. The summed E-state index contributed by atoms with van der Waals surface area (Å²) >= 11 is 0. The molecule has 8 heteroatoms. The van der Waals surface area contributed by atoms with Crippen molar-refractivity contribution in [1.82, 2.24) is 0 Å². The lowest BCUT2D eigenvalue weighted by Crippen LogP contribution is -2.32. The van der Waals surface area contributed by atoms with Gasteiger partial charge in [-0.1, -0.05) is 0 Å². The Morgan fingerprint density at radius 3 is 1.38 bits per heavy atom. The molecule has 8 nitrogen and oxygen atoms in total. The number of hydrogen-bond acceptors (Lipinski definition) is 8. The van der Waals surface area contributed by atoms with Crippen LogP contribution in [0.4, 0.5) is 0 Å². The second-order valence-electron chi connectivity index (χ2n) is 8.39. The highest BCUT2D eigenvalue weighted by molar-refractivity contribution is 5.70. The lowest BCUT2D eigenvalue weighted by Gasteiger charge is -2.27. The minimum atomic E-state index is -0.212. The van der Waals surface area contributed by atoms with Crippen molar-refractivity contribution in [3.8, 4) is 34.1 Å². The topological polar surface area (TPSA) is 83.7 Å². The number of hydrogen-bond donors (Lipinski definition) is 0. The smallest absolute Gasteiger partial charge is 0.202 e. The molecule has 0 aliphatic carbocycles. The Morgan fingerprint density at radius 2 is 1.00 bits per heavy atom. The number of benzene rings is 2. The Labute approximate surface area is 186 Å². The Balaban J connectivity index is 1.27. The third-order valence-corrected chi connectivity index (χ3v) is 5.53. The molecule has 4 aliphatic rings. The molecule has 0 amide bonds. The lowest BCUT2D eigenvalue weighted by molar-refractivity contribution is -0.165. The highest BCUT2D eigenvalue weighted by Crippen LogP contribution is 2.36. The minimum absolute atomic E-state index is 0.170. The summed E-state index contributed by atoms with van der Waals surface area (Å²) in [4.78, 5) is 0. The molecule has 4 aliphatic heterocycles. The summed E-state index contributed by atoms with van der Waals surface area (Å²) in [6, 6.07) is 11.8. The van der Waals surface area contributed by atoms with E-state index in [0.717, 1.165) is 61.2 Å². The molecule has 6 rings (SSSR count). The average Bonchev–Trinajstić information content (AvgIpc) is 3.62. The number of ether oxygens (including phenoxy) is 8. The summed E-state index contributed by atoms with van der Waals surface area (Å²) in [5, 5.41) is 0. The normalized spacial score (nSPS) is 27.2. The molecule has 0 radical (unpaired) electrons. The third kappa shape index (κ3) is 5.45. The standard InChI is InChI=1S/C24H26O8/c1-2-25-24(1)32-20-6-16(5-19(8-20)28-11-23-14-31-23)15-3-17(26-9-21-12-29-21)7-18(4-15)27-10-22-13-30-22/h3-8,21-24H,1-2,9-14H2. The largest absolute Gasteiger partial charge is 0.491 e. The van der Waals surface area contributed by atoms with Crippen molar-refractivity contribution in [2.75, 3.05) is 46.2 Å². The van der Waals surface area contributed by atoms with Crippen LogP contribution in [-0.2, 0) is 18.9 Å². The Morgan fingerprint density at radius 1 is 0.594 bits per heavy atom. The highest BCUT2D eigenvalue weighted by Gasteiger charge is 2.26. The van der Waals surface area contributed by atoms with Crippen molar-refractivity contribution in [3.05, 3.63) is 36.4 Å². The molecule has 0 bridgehead atoms. The van der Waals surface area contributed by atoms with E-state index in [1.54, 1.807) is 0 Å². The zero-order valence-corrected chi connectivity index (χ0v) is 17.7.